The van der Waals surface area contributed by atoms with Gasteiger partial charge in [-0.1, -0.05) is 18.2 Å². The summed E-state index contributed by atoms with van der Waals surface area (Å²) in [5.41, 5.74) is 1.96. The molecule has 3 nitrogen and oxygen atoms in total. The fourth-order valence-corrected chi connectivity index (χ4v) is 1.48. The van der Waals surface area contributed by atoms with E-state index in [4.69, 9.17) is 0 Å². The first kappa shape index (κ1) is 13.3. The van der Waals surface area contributed by atoms with Crippen LogP contribution in [0.4, 0.5) is 5.69 Å². The molecular formula is C14H18N2O. The molecule has 0 fully saturated rings. The van der Waals surface area contributed by atoms with E-state index in [1.165, 1.54) is 6.92 Å². The van der Waals surface area contributed by atoms with Crippen molar-refractivity contribution in [2.75, 3.05) is 11.9 Å². The molecule has 0 aliphatic heterocycles. The topological polar surface area (TPSA) is 41.1 Å². The second-order valence-electron chi connectivity index (χ2n) is 3.69. The third-order valence-electron chi connectivity index (χ3n) is 2.25. The average molecular weight is 230 g/mol. The van der Waals surface area contributed by atoms with E-state index in [1.807, 2.05) is 31.2 Å². The Kier molecular flexibility index (Phi) is 5.84. The Morgan fingerprint density at radius 3 is 2.82 bits per heavy atom. The molecule has 2 N–H and O–H groups in total. The molecule has 1 rings (SSSR count). The maximum Gasteiger partial charge on any atom is 0.221 e. The molecule has 0 aliphatic carbocycles. The lowest BCUT2D eigenvalue weighted by atomic mass is 10.1. The van der Waals surface area contributed by atoms with Gasteiger partial charge in [0.2, 0.25) is 5.91 Å². The summed E-state index contributed by atoms with van der Waals surface area (Å²) < 4.78 is 0. The summed E-state index contributed by atoms with van der Waals surface area (Å²) in [5.74, 6) is 5.81. The van der Waals surface area contributed by atoms with Crippen molar-refractivity contribution in [2.24, 2.45) is 0 Å². The van der Waals surface area contributed by atoms with Crippen molar-refractivity contribution in [3.8, 4) is 11.8 Å². The molecule has 1 aromatic carbocycles. The van der Waals surface area contributed by atoms with E-state index < -0.39 is 0 Å². The summed E-state index contributed by atoms with van der Waals surface area (Å²) in [6.07, 6.45) is 0.846. The van der Waals surface area contributed by atoms with Gasteiger partial charge in [-0.3, -0.25) is 4.79 Å². The third kappa shape index (κ3) is 5.19. The summed E-state index contributed by atoms with van der Waals surface area (Å²) in [7, 11) is 0. The molecule has 90 valence electrons. The molecule has 0 unspecified atom stereocenters. The van der Waals surface area contributed by atoms with Crippen molar-refractivity contribution in [2.45, 2.75) is 26.8 Å². The van der Waals surface area contributed by atoms with Crippen molar-refractivity contribution in [1.82, 2.24) is 5.32 Å². The van der Waals surface area contributed by atoms with Crippen LogP contribution in [0.3, 0.4) is 0 Å². The zero-order valence-corrected chi connectivity index (χ0v) is 10.3. The zero-order valence-electron chi connectivity index (χ0n) is 10.3. The number of hydrogen-bond acceptors (Lipinski definition) is 2. The fourth-order valence-electron chi connectivity index (χ4n) is 1.48. The van der Waals surface area contributed by atoms with Gasteiger partial charge in [-0.05, 0) is 18.6 Å². The van der Waals surface area contributed by atoms with Gasteiger partial charge < -0.3 is 10.6 Å². The maximum absolute atomic E-state index is 11.0. The molecule has 0 atom stereocenters. The molecule has 0 aliphatic rings. The SMILES string of the molecule is CC#CCCNCc1ccccc1NC(C)=O. The number of benzene rings is 1. The molecule has 3 heteroatoms. The number of anilines is 1. The van der Waals surface area contributed by atoms with Gasteiger partial charge in [0.1, 0.15) is 0 Å². The predicted octanol–water partition coefficient (Wildman–Crippen LogP) is 2.15. The lowest BCUT2D eigenvalue weighted by molar-refractivity contribution is -0.114. The Labute approximate surface area is 103 Å². The Morgan fingerprint density at radius 1 is 1.35 bits per heavy atom. The zero-order chi connectivity index (χ0) is 12.5. The molecule has 0 heterocycles. The lowest BCUT2D eigenvalue weighted by Crippen LogP contribution is -2.16. The summed E-state index contributed by atoms with van der Waals surface area (Å²) in [6.45, 7) is 4.95. The quantitative estimate of drug-likeness (QED) is 0.601. The van der Waals surface area contributed by atoms with Gasteiger partial charge in [0, 0.05) is 32.1 Å². The van der Waals surface area contributed by atoms with Crippen LogP contribution in [0.2, 0.25) is 0 Å². The van der Waals surface area contributed by atoms with Gasteiger partial charge in [-0.15, -0.1) is 11.8 Å². The van der Waals surface area contributed by atoms with Gasteiger partial charge in [-0.25, -0.2) is 0 Å². The van der Waals surface area contributed by atoms with Crippen molar-refractivity contribution < 1.29 is 4.79 Å². The largest absolute Gasteiger partial charge is 0.326 e. The van der Waals surface area contributed by atoms with E-state index in [9.17, 15) is 4.79 Å². The molecule has 1 amide bonds. The Bertz CT molecular complexity index is 429. The minimum absolute atomic E-state index is 0.0469. The van der Waals surface area contributed by atoms with Crippen molar-refractivity contribution >= 4 is 11.6 Å². The van der Waals surface area contributed by atoms with Crippen LogP contribution in [0.15, 0.2) is 24.3 Å². The number of carbonyl (C=O) groups excluding carboxylic acids is 1. The molecule has 0 saturated heterocycles. The number of para-hydroxylation sites is 1. The number of carbonyl (C=O) groups is 1. The first-order chi connectivity index (χ1) is 8.24. The van der Waals surface area contributed by atoms with Crippen LogP contribution in [0.25, 0.3) is 0 Å². The molecule has 0 spiro atoms. The fraction of sp³-hybridized carbons (Fsp3) is 0.357. The molecule has 17 heavy (non-hydrogen) atoms. The Hall–Kier alpha value is -1.79. The molecular weight excluding hydrogens is 212 g/mol. The van der Waals surface area contributed by atoms with E-state index >= 15 is 0 Å². The Morgan fingerprint density at radius 2 is 2.12 bits per heavy atom. The highest BCUT2D eigenvalue weighted by Gasteiger charge is 2.01. The second kappa shape index (κ2) is 7.48. The first-order valence-electron chi connectivity index (χ1n) is 5.70. The highest BCUT2D eigenvalue weighted by molar-refractivity contribution is 5.89. The number of amides is 1. The van der Waals surface area contributed by atoms with Crippen molar-refractivity contribution in [3.05, 3.63) is 29.8 Å². The van der Waals surface area contributed by atoms with Crippen molar-refractivity contribution in [3.63, 3.8) is 0 Å². The summed E-state index contributed by atoms with van der Waals surface area (Å²) >= 11 is 0. The van der Waals surface area contributed by atoms with E-state index in [-0.39, 0.29) is 5.91 Å². The molecule has 0 radical (unpaired) electrons. The first-order valence-corrected chi connectivity index (χ1v) is 5.70. The second-order valence-corrected chi connectivity index (χ2v) is 3.69. The minimum atomic E-state index is -0.0469. The van der Waals surface area contributed by atoms with Gasteiger partial charge in [-0.2, -0.15) is 0 Å². The van der Waals surface area contributed by atoms with Gasteiger partial charge in [0.25, 0.3) is 0 Å². The van der Waals surface area contributed by atoms with E-state index in [1.54, 1.807) is 0 Å². The Balaban J connectivity index is 2.50. The van der Waals surface area contributed by atoms with E-state index in [2.05, 4.69) is 22.5 Å². The highest BCUT2D eigenvalue weighted by atomic mass is 16.1. The van der Waals surface area contributed by atoms with Crippen LogP contribution >= 0.6 is 0 Å². The molecule has 0 aromatic heterocycles. The van der Waals surface area contributed by atoms with Crippen LogP contribution < -0.4 is 10.6 Å². The van der Waals surface area contributed by atoms with Gasteiger partial charge >= 0.3 is 0 Å². The smallest absolute Gasteiger partial charge is 0.221 e. The van der Waals surface area contributed by atoms with Crippen molar-refractivity contribution in [1.29, 1.82) is 0 Å². The van der Waals surface area contributed by atoms with Gasteiger partial charge in [0.15, 0.2) is 0 Å². The summed E-state index contributed by atoms with van der Waals surface area (Å²) in [4.78, 5) is 11.0. The number of hydrogen-bond donors (Lipinski definition) is 2. The van der Waals surface area contributed by atoms with Crippen LogP contribution in [-0.4, -0.2) is 12.5 Å². The van der Waals surface area contributed by atoms with E-state index in [0.717, 1.165) is 30.8 Å². The minimum Gasteiger partial charge on any atom is -0.326 e. The summed E-state index contributed by atoms with van der Waals surface area (Å²) in [6, 6.07) is 7.79. The van der Waals surface area contributed by atoms with Crippen LogP contribution in [0, 0.1) is 11.8 Å². The highest BCUT2D eigenvalue weighted by Crippen LogP contribution is 2.14. The lowest BCUT2D eigenvalue weighted by Gasteiger charge is -2.10. The molecule has 0 saturated carbocycles. The monoisotopic (exact) mass is 230 g/mol. The van der Waals surface area contributed by atoms with Crippen LogP contribution in [0.5, 0.6) is 0 Å². The van der Waals surface area contributed by atoms with E-state index in [0.29, 0.717) is 0 Å². The van der Waals surface area contributed by atoms with Gasteiger partial charge in [0.05, 0.1) is 0 Å². The molecule has 1 aromatic rings. The standard InChI is InChI=1S/C14H18N2O/c1-3-4-7-10-15-11-13-8-5-6-9-14(13)16-12(2)17/h5-6,8-9,15H,7,10-11H2,1-2H3,(H,16,17). The number of nitrogens with one attached hydrogen (secondary N) is 2. The predicted molar refractivity (Wildman–Crippen MR) is 70.5 cm³/mol. The average Bonchev–Trinajstić information content (AvgIpc) is 2.30. The number of rotatable bonds is 5. The maximum atomic E-state index is 11.0. The third-order valence-corrected chi connectivity index (χ3v) is 2.25. The van der Waals surface area contributed by atoms with Crippen LogP contribution in [-0.2, 0) is 11.3 Å². The van der Waals surface area contributed by atoms with Crippen LogP contribution in [0.1, 0.15) is 25.8 Å². The summed E-state index contributed by atoms with van der Waals surface area (Å²) in [5, 5.41) is 6.11. The normalized spacial score (nSPS) is 9.29. The molecule has 0 bridgehead atoms.